The summed E-state index contributed by atoms with van der Waals surface area (Å²) in [6, 6.07) is 4.57. The fourth-order valence-electron chi connectivity index (χ4n) is 3.47. The molecule has 0 aliphatic heterocycles. The summed E-state index contributed by atoms with van der Waals surface area (Å²) in [5, 5.41) is 17.4. The maximum Gasteiger partial charge on any atom is 0.407 e. The second-order valence-electron chi connectivity index (χ2n) is 9.55. The van der Waals surface area contributed by atoms with Crippen molar-refractivity contribution in [2.45, 2.75) is 64.2 Å². The summed E-state index contributed by atoms with van der Waals surface area (Å²) >= 11 is 6.26. The molecule has 0 saturated carbocycles. The van der Waals surface area contributed by atoms with E-state index in [9.17, 15) is 22.7 Å². The number of aliphatic hydroxyl groups is 1. The number of allylic oxidation sites excluding steroid dienone is 1. The Morgan fingerprint density at radius 3 is 2.53 bits per heavy atom. The van der Waals surface area contributed by atoms with Gasteiger partial charge in [-0.2, -0.15) is 5.10 Å². The van der Waals surface area contributed by atoms with Crippen LogP contribution in [0.3, 0.4) is 0 Å². The summed E-state index contributed by atoms with van der Waals surface area (Å²) in [7, 11) is -0.860. The molecule has 0 aliphatic rings. The molecule has 12 heteroatoms. The van der Waals surface area contributed by atoms with Crippen molar-refractivity contribution in [3.05, 3.63) is 57.6 Å². The number of sulfonamides is 1. The lowest BCUT2D eigenvalue weighted by molar-refractivity contribution is 0.0534. The number of amides is 1. The highest BCUT2D eigenvalue weighted by Crippen LogP contribution is 2.28. The van der Waals surface area contributed by atoms with Crippen molar-refractivity contribution < 1.29 is 27.4 Å². The zero-order valence-electron chi connectivity index (χ0n) is 21.6. The normalized spacial score (nSPS) is 13.7. The van der Waals surface area contributed by atoms with Gasteiger partial charge >= 0.3 is 6.09 Å². The van der Waals surface area contributed by atoms with Gasteiger partial charge in [0, 0.05) is 32.6 Å². The van der Waals surface area contributed by atoms with Gasteiger partial charge in [0.15, 0.2) is 0 Å². The van der Waals surface area contributed by atoms with E-state index in [1.54, 1.807) is 45.4 Å². The van der Waals surface area contributed by atoms with E-state index in [1.165, 1.54) is 32.3 Å². The van der Waals surface area contributed by atoms with Crippen LogP contribution >= 0.6 is 11.6 Å². The van der Waals surface area contributed by atoms with Gasteiger partial charge in [0.2, 0.25) is 10.0 Å². The van der Waals surface area contributed by atoms with Crippen LogP contribution in [0.15, 0.2) is 35.0 Å². The van der Waals surface area contributed by atoms with E-state index in [0.29, 0.717) is 22.5 Å². The van der Waals surface area contributed by atoms with Crippen molar-refractivity contribution in [1.29, 1.82) is 0 Å². The SMILES string of the molecule is Cc1nn(Cc2ccc(S(=O)(=O)N(C)C)c(Cl)c2)c(C(C)O)c1C/C(F)=C/CNC(=O)OC(C)(C)C. The van der Waals surface area contributed by atoms with Gasteiger partial charge in [-0.15, -0.1) is 0 Å². The van der Waals surface area contributed by atoms with Crippen molar-refractivity contribution in [3.8, 4) is 0 Å². The Labute approximate surface area is 216 Å². The van der Waals surface area contributed by atoms with Gasteiger partial charge in [-0.3, -0.25) is 4.68 Å². The first-order valence-corrected chi connectivity index (χ1v) is 13.1. The first-order chi connectivity index (χ1) is 16.5. The van der Waals surface area contributed by atoms with Gasteiger partial charge in [-0.05, 0) is 58.4 Å². The molecule has 0 bridgehead atoms. The van der Waals surface area contributed by atoms with E-state index in [1.807, 2.05) is 0 Å². The second kappa shape index (κ2) is 11.7. The monoisotopic (exact) mass is 544 g/mol. The minimum atomic E-state index is -3.70. The number of benzene rings is 1. The van der Waals surface area contributed by atoms with Gasteiger partial charge in [0.25, 0.3) is 0 Å². The quantitative estimate of drug-likeness (QED) is 0.491. The molecule has 1 heterocycles. The number of aromatic nitrogens is 2. The summed E-state index contributed by atoms with van der Waals surface area (Å²) in [4.78, 5) is 11.7. The van der Waals surface area contributed by atoms with Crippen LogP contribution in [0.4, 0.5) is 9.18 Å². The standard InChI is InChI=1S/C24H34ClFN4O5S/c1-15-19(13-18(26)10-11-27-23(32)35-24(3,4)5)22(16(2)31)30(28-15)14-17-8-9-21(20(25)12-17)36(33,34)29(6)7/h8-10,12,16,31H,11,13-14H2,1-7H3,(H,27,32)/b18-10-. The molecule has 0 aliphatic carbocycles. The lowest BCUT2D eigenvalue weighted by atomic mass is 10.1. The Morgan fingerprint density at radius 2 is 2.00 bits per heavy atom. The molecule has 1 aromatic carbocycles. The van der Waals surface area contributed by atoms with Gasteiger partial charge in [0.1, 0.15) is 16.3 Å². The predicted octanol–water partition coefficient (Wildman–Crippen LogP) is 4.12. The number of hydrogen-bond acceptors (Lipinski definition) is 6. The highest BCUT2D eigenvalue weighted by Gasteiger charge is 2.23. The number of alkyl carbamates (subject to hydrolysis) is 1. The molecule has 0 spiro atoms. The predicted molar refractivity (Wildman–Crippen MR) is 136 cm³/mol. The van der Waals surface area contributed by atoms with E-state index in [-0.39, 0.29) is 29.4 Å². The number of halogens is 2. The maximum atomic E-state index is 14.7. The summed E-state index contributed by atoms with van der Waals surface area (Å²) in [5.74, 6) is -0.503. The molecule has 1 unspecified atom stereocenters. The van der Waals surface area contributed by atoms with Crippen LogP contribution in [-0.4, -0.2) is 59.9 Å². The number of ether oxygens (including phenoxy) is 1. The number of aliphatic hydroxyl groups excluding tert-OH is 1. The Bertz CT molecular complexity index is 1230. The first-order valence-electron chi connectivity index (χ1n) is 11.3. The average Bonchev–Trinajstić information content (AvgIpc) is 3.01. The molecule has 36 heavy (non-hydrogen) atoms. The molecular formula is C24H34ClFN4O5S. The summed E-state index contributed by atoms with van der Waals surface area (Å²) < 4.78 is 47.2. The molecule has 0 fully saturated rings. The number of nitrogens with one attached hydrogen (secondary N) is 1. The molecule has 0 radical (unpaired) electrons. The number of nitrogens with zero attached hydrogens (tertiary/aromatic N) is 3. The second-order valence-corrected chi connectivity index (χ2v) is 12.1. The Kier molecular flexibility index (Phi) is 9.69. The molecule has 1 atom stereocenters. The summed E-state index contributed by atoms with van der Waals surface area (Å²) in [5.41, 5.74) is 1.49. The maximum absolute atomic E-state index is 14.7. The highest BCUT2D eigenvalue weighted by molar-refractivity contribution is 7.89. The smallest absolute Gasteiger partial charge is 0.407 e. The molecule has 0 saturated heterocycles. The first kappa shape index (κ1) is 29.8. The van der Waals surface area contributed by atoms with Gasteiger partial charge < -0.3 is 15.2 Å². The van der Waals surface area contributed by atoms with Crippen LogP contribution in [0, 0.1) is 6.92 Å². The molecule has 9 nitrogen and oxygen atoms in total. The van der Waals surface area contributed by atoms with Crippen LogP contribution < -0.4 is 5.32 Å². The third kappa shape index (κ3) is 7.76. The van der Waals surface area contributed by atoms with E-state index in [2.05, 4.69) is 10.4 Å². The molecule has 1 aromatic heterocycles. The van der Waals surface area contributed by atoms with Crippen molar-refractivity contribution in [1.82, 2.24) is 19.4 Å². The zero-order chi connectivity index (χ0) is 27.4. The third-order valence-corrected chi connectivity index (χ3v) is 7.39. The third-order valence-electron chi connectivity index (χ3n) is 5.09. The minimum Gasteiger partial charge on any atom is -0.444 e. The van der Waals surface area contributed by atoms with Gasteiger partial charge in [0.05, 0.1) is 29.1 Å². The molecule has 2 N–H and O–H groups in total. The van der Waals surface area contributed by atoms with Crippen LogP contribution in [-0.2, 0) is 27.7 Å². The Balaban J connectivity index is 2.23. The zero-order valence-corrected chi connectivity index (χ0v) is 23.2. The topological polar surface area (TPSA) is 114 Å². The number of hydrogen-bond donors (Lipinski definition) is 2. The van der Waals surface area contributed by atoms with Crippen molar-refractivity contribution >= 4 is 27.7 Å². The fourth-order valence-corrected chi connectivity index (χ4v) is 4.90. The lowest BCUT2D eigenvalue weighted by Crippen LogP contribution is -2.32. The molecule has 2 rings (SSSR count). The Hall–Kier alpha value is -2.47. The average molecular weight is 545 g/mol. The van der Waals surface area contributed by atoms with E-state index in [4.69, 9.17) is 16.3 Å². The molecular weight excluding hydrogens is 511 g/mol. The van der Waals surface area contributed by atoms with Crippen LogP contribution in [0.5, 0.6) is 0 Å². The minimum absolute atomic E-state index is 0.0156. The summed E-state index contributed by atoms with van der Waals surface area (Å²) in [6.07, 6.45) is -0.486. The largest absolute Gasteiger partial charge is 0.444 e. The van der Waals surface area contributed by atoms with Gasteiger partial charge in [-0.1, -0.05) is 17.7 Å². The fraction of sp³-hybridized carbons (Fsp3) is 0.500. The number of carbonyl (C=O) groups is 1. The van der Waals surface area contributed by atoms with Gasteiger partial charge in [-0.25, -0.2) is 21.9 Å². The highest BCUT2D eigenvalue weighted by atomic mass is 35.5. The van der Waals surface area contributed by atoms with Crippen LogP contribution in [0.2, 0.25) is 5.02 Å². The van der Waals surface area contributed by atoms with Crippen molar-refractivity contribution in [2.24, 2.45) is 0 Å². The van der Waals surface area contributed by atoms with Crippen molar-refractivity contribution in [2.75, 3.05) is 20.6 Å². The Morgan fingerprint density at radius 1 is 1.36 bits per heavy atom. The van der Waals surface area contributed by atoms with Crippen LogP contribution in [0.25, 0.3) is 0 Å². The number of rotatable bonds is 9. The molecule has 2 aromatic rings. The van der Waals surface area contributed by atoms with Crippen LogP contribution in [0.1, 0.15) is 56.3 Å². The molecule has 1 amide bonds. The summed E-state index contributed by atoms with van der Waals surface area (Å²) in [6.45, 7) is 8.60. The molecule has 200 valence electrons. The number of aryl methyl sites for hydroxylation is 1. The van der Waals surface area contributed by atoms with Crippen molar-refractivity contribution in [3.63, 3.8) is 0 Å². The van der Waals surface area contributed by atoms with E-state index < -0.39 is 33.6 Å². The number of carbonyl (C=O) groups excluding carboxylic acids is 1. The lowest BCUT2D eigenvalue weighted by Gasteiger charge is -2.19. The van der Waals surface area contributed by atoms with E-state index in [0.717, 1.165) is 4.31 Å². The van der Waals surface area contributed by atoms with E-state index >= 15 is 0 Å².